The molecule has 0 aliphatic heterocycles. The number of hydrogen-bond acceptors (Lipinski definition) is 4. The van der Waals surface area contributed by atoms with Crippen molar-refractivity contribution in [2.45, 2.75) is 32.1 Å². The number of thiol groups is 1. The number of nitriles is 1. The van der Waals surface area contributed by atoms with Gasteiger partial charge >= 0.3 is 0 Å². The number of nitrogens with one attached hydrogen (secondary N) is 2. The number of nitrogens with zero attached hydrogens (tertiary/aromatic N) is 2. The van der Waals surface area contributed by atoms with Crippen LogP contribution in [-0.2, 0) is 6.42 Å². The second kappa shape index (κ2) is 8.04. The second-order valence-corrected chi connectivity index (χ2v) is 6.49. The SMILES string of the molecule is N#Cc1cnc(C(=O)Nc2ccc(CCS)cc2C2=CCCCC2)[nH]1. The van der Waals surface area contributed by atoms with Crippen molar-refractivity contribution < 1.29 is 4.79 Å². The maximum atomic E-state index is 12.4. The minimum absolute atomic E-state index is 0.138. The third-order valence-corrected chi connectivity index (χ3v) is 4.50. The first-order valence-electron chi connectivity index (χ1n) is 8.41. The Bertz CT molecular complexity index is 847. The molecule has 0 radical (unpaired) electrons. The number of aromatic amines is 1. The van der Waals surface area contributed by atoms with Gasteiger partial charge in [-0.3, -0.25) is 4.79 Å². The normalized spacial score (nSPS) is 13.8. The van der Waals surface area contributed by atoms with Gasteiger partial charge in [-0.2, -0.15) is 17.9 Å². The third kappa shape index (κ3) is 4.12. The van der Waals surface area contributed by atoms with E-state index in [1.54, 1.807) is 0 Å². The van der Waals surface area contributed by atoms with E-state index in [4.69, 9.17) is 5.26 Å². The van der Waals surface area contributed by atoms with Crippen LogP contribution in [0.25, 0.3) is 5.57 Å². The summed E-state index contributed by atoms with van der Waals surface area (Å²) in [7, 11) is 0. The number of imidazole rings is 1. The number of rotatable bonds is 5. The molecule has 25 heavy (non-hydrogen) atoms. The van der Waals surface area contributed by atoms with E-state index in [0.717, 1.165) is 36.3 Å². The molecule has 0 bridgehead atoms. The van der Waals surface area contributed by atoms with Crippen molar-refractivity contribution in [3.8, 4) is 6.07 Å². The molecule has 0 unspecified atom stereocenters. The minimum Gasteiger partial charge on any atom is -0.326 e. The Morgan fingerprint density at radius 2 is 2.28 bits per heavy atom. The van der Waals surface area contributed by atoms with E-state index in [1.165, 1.54) is 30.2 Å². The lowest BCUT2D eigenvalue weighted by molar-refractivity contribution is 0.101. The van der Waals surface area contributed by atoms with Crippen molar-refractivity contribution in [3.05, 3.63) is 53.1 Å². The predicted molar refractivity (Wildman–Crippen MR) is 102 cm³/mol. The number of H-pyrrole nitrogens is 1. The van der Waals surface area contributed by atoms with Crippen LogP contribution in [0.15, 0.2) is 30.5 Å². The number of hydrogen-bond donors (Lipinski definition) is 3. The van der Waals surface area contributed by atoms with Gasteiger partial charge < -0.3 is 10.3 Å². The highest BCUT2D eigenvalue weighted by Crippen LogP contribution is 2.32. The Balaban J connectivity index is 1.90. The monoisotopic (exact) mass is 352 g/mol. The highest BCUT2D eigenvalue weighted by Gasteiger charge is 2.16. The molecule has 1 aliphatic carbocycles. The maximum absolute atomic E-state index is 12.4. The van der Waals surface area contributed by atoms with Crippen LogP contribution in [-0.4, -0.2) is 21.6 Å². The molecule has 2 aromatic rings. The molecule has 1 aromatic carbocycles. The summed E-state index contributed by atoms with van der Waals surface area (Å²) in [6.07, 6.45) is 8.98. The van der Waals surface area contributed by atoms with Gasteiger partial charge in [-0.1, -0.05) is 12.1 Å². The number of benzene rings is 1. The number of anilines is 1. The summed E-state index contributed by atoms with van der Waals surface area (Å²) in [5, 5.41) is 11.8. The molecule has 0 atom stereocenters. The molecule has 1 aliphatic rings. The van der Waals surface area contributed by atoms with E-state index in [9.17, 15) is 4.79 Å². The van der Waals surface area contributed by atoms with Gasteiger partial charge in [-0.25, -0.2) is 4.98 Å². The van der Waals surface area contributed by atoms with Crippen molar-refractivity contribution in [2.24, 2.45) is 0 Å². The van der Waals surface area contributed by atoms with Gasteiger partial charge in [0.1, 0.15) is 11.8 Å². The first-order valence-corrected chi connectivity index (χ1v) is 9.04. The van der Waals surface area contributed by atoms with Crippen molar-refractivity contribution in [2.75, 3.05) is 11.1 Å². The molecular formula is C19H20N4OS. The average molecular weight is 352 g/mol. The fraction of sp³-hybridized carbons (Fsp3) is 0.316. The predicted octanol–water partition coefficient (Wildman–Crippen LogP) is 3.96. The van der Waals surface area contributed by atoms with E-state index in [0.29, 0.717) is 0 Å². The van der Waals surface area contributed by atoms with Crippen LogP contribution in [0.2, 0.25) is 0 Å². The Morgan fingerprint density at radius 3 is 2.96 bits per heavy atom. The van der Waals surface area contributed by atoms with E-state index in [1.807, 2.05) is 18.2 Å². The maximum Gasteiger partial charge on any atom is 0.291 e. The molecule has 0 fully saturated rings. The fourth-order valence-corrected chi connectivity index (χ4v) is 3.27. The number of carbonyl (C=O) groups excluding carboxylic acids is 1. The molecule has 0 saturated carbocycles. The lowest BCUT2D eigenvalue weighted by atomic mass is 9.91. The average Bonchev–Trinajstić information content (AvgIpc) is 3.13. The zero-order chi connectivity index (χ0) is 17.6. The Kier molecular flexibility index (Phi) is 5.56. The molecule has 5 nitrogen and oxygen atoms in total. The van der Waals surface area contributed by atoms with E-state index >= 15 is 0 Å². The smallest absolute Gasteiger partial charge is 0.291 e. The van der Waals surface area contributed by atoms with Crippen molar-refractivity contribution in [1.82, 2.24) is 9.97 Å². The molecule has 1 heterocycles. The number of amides is 1. The van der Waals surface area contributed by atoms with Crippen molar-refractivity contribution in [3.63, 3.8) is 0 Å². The van der Waals surface area contributed by atoms with Crippen LogP contribution < -0.4 is 5.32 Å². The molecule has 1 aromatic heterocycles. The molecule has 6 heteroatoms. The lowest BCUT2D eigenvalue weighted by Gasteiger charge is -2.18. The summed E-state index contributed by atoms with van der Waals surface area (Å²) in [6.45, 7) is 0. The van der Waals surface area contributed by atoms with Gasteiger partial charge in [-0.15, -0.1) is 0 Å². The molecule has 1 amide bonds. The molecule has 0 spiro atoms. The third-order valence-electron chi connectivity index (χ3n) is 4.28. The zero-order valence-corrected chi connectivity index (χ0v) is 14.8. The minimum atomic E-state index is -0.346. The fourth-order valence-electron chi connectivity index (χ4n) is 3.01. The van der Waals surface area contributed by atoms with Crippen LogP contribution in [0.3, 0.4) is 0 Å². The molecule has 128 valence electrons. The van der Waals surface area contributed by atoms with Gasteiger partial charge in [0.2, 0.25) is 0 Å². The number of aryl methyl sites for hydroxylation is 1. The quantitative estimate of drug-likeness (QED) is 0.712. The first-order chi connectivity index (χ1) is 12.2. The summed E-state index contributed by atoms with van der Waals surface area (Å²) in [5.74, 6) is 0.578. The summed E-state index contributed by atoms with van der Waals surface area (Å²) in [6, 6.07) is 8.04. The molecule has 3 rings (SSSR count). The largest absolute Gasteiger partial charge is 0.326 e. The summed E-state index contributed by atoms with van der Waals surface area (Å²) >= 11 is 4.31. The number of aromatic nitrogens is 2. The highest BCUT2D eigenvalue weighted by molar-refractivity contribution is 7.80. The highest BCUT2D eigenvalue weighted by atomic mass is 32.1. The van der Waals surface area contributed by atoms with Crippen molar-refractivity contribution in [1.29, 1.82) is 5.26 Å². The van der Waals surface area contributed by atoms with E-state index in [-0.39, 0.29) is 17.4 Å². The van der Waals surface area contributed by atoms with E-state index in [2.05, 4.69) is 40.1 Å². The van der Waals surface area contributed by atoms with Crippen LogP contribution in [0.1, 0.15) is 53.1 Å². The van der Waals surface area contributed by atoms with Crippen LogP contribution in [0, 0.1) is 11.3 Å². The Morgan fingerprint density at radius 1 is 1.40 bits per heavy atom. The van der Waals surface area contributed by atoms with Crippen LogP contribution >= 0.6 is 12.6 Å². The summed E-state index contributed by atoms with van der Waals surface area (Å²) < 4.78 is 0. The van der Waals surface area contributed by atoms with Gasteiger partial charge in [0.05, 0.1) is 6.20 Å². The number of allylic oxidation sites excluding steroid dienone is 2. The first kappa shape index (κ1) is 17.3. The zero-order valence-electron chi connectivity index (χ0n) is 13.9. The molecular weight excluding hydrogens is 332 g/mol. The van der Waals surface area contributed by atoms with Crippen molar-refractivity contribution >= 4 is 29.8 Å². The number of carbonyl (C=O) groups is 1. The van der Waals surface area contributed by atoms with Crippen LogP contribution in [0.4, 0.5) is 5.69 Å². The summed E-state index contributed by atoms with van der Waals surface area (Å²) in [5.41, 5.74) is 4.60. The summed E-state index contributed by atoms with van der Waals surface area (Å²) in [4.78, 5) is 19.1. The van der Waals surface area contributed by atoms with Gasteiger partial charge in [-0.05, 0) is 61.1 Å². The Labute approximate surface area is 152 Å². The second-order valence-electron chi connectivity index (χ2n) is 6.04. The van der Waals surface area contributed by atoms with Gasteiger partial charge in [0.15, 0.2) is 5.82 Å². The topological polar surface area (TPSA) is 81.6 Å². The Hall–Kier alpha value is -2.52. The molecule has 0 saturated heterocycles. The van der Waals surface area contributed by atoms with E-state index < -0.39 is 0 Å². The van der Waals surface area contributed by atoms with Gasteiger partial charge in [0.25, 0.3) is 5.91 Å². The lowest BCUT2D eigenvalue weighted by Crippen LogP contribution is -2.15. The van der Waals surface area contributed by atoms with Crippen LogP contribution in [0.5, 0.6) is 0 Å². The van der Waals surface area contributed by atoms with Gasteiger partial charge in [0, 0.05) is 11.3 Å². The standard InChI is InChI=1S/C19H20N4OS/c20-11-15-12-21-18(22-15)19(24)23-17-7-6-13(8-9-25)10-16(17)14-4-2-1-3-5-14/h4,6-7,10,12,25H,1-3,5,8-9H2,(H,21,22)(H,23,24). The molecule has 2 N–H and O–H groups in total.